The summed E-state index contributed by atoms with van der Waals surface area (Å²) in [6.45, 7) is -0.458. The molecule has 1 saturated heterocycles. The van der Waals surface area contributed by atoms with Crippen LogP contribution < -0.4 is 0 Å². The number of hydrogen-bond donors (Lipinski definition) is 3. The molecular formula is C17H14BrClN6O4S2. The molecule has 0 spiro atoms. The number of nitriles is 1. The molecule has 4 heterocycles. The molecule has 2 unspecified atom stereocenters. The zero-order valence-electron chi connectivity index (χ0n) is 15.4. The van der Waals surface area contributed by atoms with E-state index in [4.69, 9.17) is 21.6 Å². The molecule has 10 nitrogen and oxygen atoms in total. The Morgan fingerprint density at radius 1 is 1.39 bits per heavy atom. The molecule has 0 amide bonds. The van der Waals surface area contributed by atoms with E-state index >= 15 is 0 Å². The minimum Gasteiger partial charge on any atom is -0.394 e. The van der Waals surface area contributed by atoms with Crippen molar-refractivity contribution in [1.29, 1.82) is 5.26 Å². The van der Waals surface area contributed by atoms with Gasteiger partial charge in [-0.2, -0.15) is 5.26 Å². The van der Waals surface area contributed by atoms with Gasteiger partial charge in [0.25, 0.3) is 0 Å². The lowest BCUT2D eigenvalue weighted by molar-refractivity contribution is -0.178. The average Bonchev–Trinajstić information content (AvgIpc) is 3.39. The number of aliphatic hydroxyl groups excluding tert-OH is 3. The van der Waals surface area contributed by atoms with E-state index in [0.717, 1.165) is 11.8 Å². The third-order valence-corrected chi connectivity index (χ3v) is 7.44. The smallest absolute Gasteiger partial charge is 0.154 e. The molecule has 5 atom stereocenters. The predicted molar refractivity (Wildman–Crippen MR) is 115 cm³/mol. The number of halogens is 2. The number of pyridine rings is 1. The van der Waals surface area contributed by atoms with Crippen LogP contribution in [0.1, 0.15) is 11.7 Å². The van der Waals surface area contributed by atoms with E-state index in [0.29, 0.717) is 25.2 Å². The molecule has 14 heteroatoms. The van der Waals surface area contributed by atoms with Gasteiger partial charge in [0, 0.05) is 16.5 Å². The zero-order chi connectivity index (χ0) is 22.1. The Morgan fingerprint density at radius 3 is 2.84 bits per heavy atom. The molecule has 1 aliphatic heterocycles. The van der Waals surface area contributed by atoms with Crippen LogP contribution in [-0.4, -0.2) is 70.6 Å². The van der Waals surface area contributed by atoms with Gasteiger partial charge >= 0.3 is 0 Å². The van der Waals surface area contributed by atoms with E-state index < -0.39 is 36.4 Å². The minimum atomic E-state index is -1.24. The number of ether oxygens (including phenoxy) is 1. The van der Waals surface area contributed by atoms with E-state index in [2.05, 4.69) is 36.2 Å². The molecule has 0 aliphatic carbocycles. The lowest BCUT2D eigenvalue weighted by Gasteiger charge is -2.41. The third kappa shape index (κ3) is 4.62. The van der Waals surface area contributed by atoms with Gasteiger partial charge in [-0.15, -0.1) is 16.4 Å². The van der Waals surface area contributed by atoms with Crippen molar-refractivity contribution in [3.63, 3.8) is 0 Å². The van der Waals surface area contributed by atoms with E-state index in [1.807, 2.05) is 6.07 Å². The Morgan fingerprint density at radius 2 is 2.19 bits per heavy atom. The number of thiazole rings is 1. The van der Waals surface area contributed by atoms with Crippen LogP contribution >= 0.6 is 50.6 Å². The Balaban J connectivity index is 1.60. The quantitative estimate of drug-likeness (QED) is 0.433. The Bertz CT molecular complexity index is 1120. The summed E-state index contributed by atoms with van der Waals surface area (Å²) < 4.78 is 7.56. The first-order chi connectivity index (χ1) is 14.9. The van der Waals surface area contributed by atoms with E-state index in [9.17, 15) is 15.3 Å². The Kier molecular flexibility index (Phi) is 6.89. The molecule has 1 aliphatic rings. The first-order valence-corrected chi connectivity index (χ1v) is 11.7. The van der Waals surface area contributed by atoms with Crippen LogP contribution in [-0.2, 0) is 4.74 Å². The molecule has 3 aromatic rings. The van der Waals surface area contributed by atoms with Crippen LogP contribution in [0.3, 0.4) is 0 Å². The van der Waals surface area contributed by atoms with E-state index in [1.165, 1.54) is 22.2 Å². The van der Waals surface area contributed by atoms with Crippen LogP contribution in [0.25, 0.3) is 10.7 Å². The summed E-state index contributed by atoms with van der Waals surface area (Å²) in [6, 6.07) is 2.70. The van der Waals surface area contributed by atoms with Crippen LogP contribution in [0.15, 0.2) is 33.2 Å². The molecule has 0 saturated carbocycles. The largest absolute Gasteiger partial charge is 0.394 e. The van der Waals surface area contributed by atoms with Crippen molar-refractivity contribution in [2.45, 2.75) is 34.7 Å². The molecule has 3 aromatic heterocycles. The molecule has 4 rings (SSSR count). The average molecular weight is 546 g/mol. The summed E-state index contributed by atoms with van der Waals surface area (Å²) in [5.74, 6) is 0. The minimum absolute atomic E-state index is 0.230. The Hall–Kier alpha value is -1.63. The van der Waals surface area contributed by atoms with E-state index in [-0.39, 0.29) is 5.69 Å². The number of rotatable bonds is 5. The second-order valence-electron chi connectivity index (χ2n) is 6.49. The van der Waals surface area contributed by atoms with Gasteiger partial charge in [-0.05, 0) is 22.0 Å². The summed E-state index contributed by atoms with van der Waals surface area (Å²) in [5, 5.41) is 51.0. The first kappa shape index (κ1) is 22.6. The highest BCUT2D eigenvalue weighted by Crippen LogP contribution is 2.39. The molecule has 162 valence electrons. The first-order valence-electron chi connectivity index (χ1n) is 8.79. The van der Waals surface area contributed by atoms with Crippen LogP contribution in [0.2, 0.25) is 5.15 Å². The van der Waals surface area contributed by atoms with Crippen LogP contribution in [0, 0.1) is 11.3 Å². The number of aromatic nitrogens is 5. The molecular weight excluding hydrogens is 532 g/mol. The summed E-state index contributed by atoms with van der Waals surface area (Å²) in [5.41, 5.74) is -0.185. The zero-order valence-corrected chi connectivity index (χ0v) is 19.4. The molecule has 1 fully saturated rings. The van der Waals surface area contributed by atoms with Gasteiger partial charge < -0.3 is 20.1 Å². The highest BCUT2D eigenvalue weighted by atomic mass is 79.9. The monoisotopic (exact) mass is 544 g/mol. The lowest BCUT2D eigenvalue weighted by Crippen LogP contribution is -2.55. The highest BCUT2D eigenvalue weighted by Gasteiger charge is 2.46. The molecule has 3 N–H and O–H groups in total. The van der Waals surface area contributed by atoms with Crippen molar-refractivity contribution in [2.75, 3.05) is 6.61 Å². The predicted octanol–water partition coefficient (Wildman–Crippen LogP) is 1.86. The number of thioether (sulfide) groups is 1. The van der Waals surface area contributed by atoms with Crippen molar-refractivity contribution >= 4 is 50.6 Å². The standard InChI is InChI=1S/C17H14BrClN6O4S2/c18-8-1-7(3-21-9(8)2-20)31-17-15(28)13(14(27)11(5-26)29-17)25-4-10(23-24-25)16-22-12(19)6-30-16/h1,3-4,6,11,13-15,17,26-28H,5H2/t11?,13-,14-,15?,17+/m0/s1. The van der Waals surface area contributed by atoms with Crippen LogP contribution in [0.4, 0.5) is 0 Å². The number of aliphatic hydroxyl groups is 3. The molecule has 0 bridgehead atoms. The maximum atomic E-state index is 11.0. The van der Waals surface area contributed by atoms with Crippen LogP contribution in [0.5, 0.6) is 0 Å². The maximum Gasteiger partial charge on any atom is 0.154 e. The van der Waals surface area contributed by atoms with Crippen molar-refractivity contribution in [1.82, 2.24) is 25.0 Å². The van der Waals surface area contributed by atoms with Gasteiger partial charge in [0.05, 0.1) is 17.3 Å². The lowest BCUT2D eigenvalue weighted by atomic mass is 9.97. The maximum absolute atomic E-state index is 11.0. The van der Waals surface area contributed by atoms with Gasteiger partial charge in [0.1, 0.15) is 51.7 Å². The van der Waals surface area contributed by atoms with Gasteiger partial charge in [-0.3, -0.25) is 0 Å². The molecule has 0 radical (unpaired) electrons. The van der Waals surface area contributed by atoms with Crippen molar-refractivity contribution in [3.8, 4) is 16.8 Å². The van der Waals surface area contributed by atoms with Crippen molar-refractivity contribution in [3.05, 3.63) is 39.2 Å². The molecule has 31 heavy (non-hydrogen) atoms. The van der Waals surface area contributed by atoms with Gasteiger partial charge in [0.2, 0.25) is 0 Å². The fourth-order valence-electron chi connectivity index (χ4n) is 3.07. The Labute approximate surface area is 197 Å². The number of nitrogens with zero attached hydrogens (tertiary/aromatic N) is 6. The SMILES string of the molecule is N#Cc1ncc(S[C@H]2OC(CO)[C@H](O)[C@H](n3cc(-c4nc(Cl)cs4)nn3)C2O)cc1Br. The van der Waals surface area contributed by atoms with Crippen molar-refractivity contribution in [2.24, 2.45) is 0 Å². The van der Waals surface area contributed by atoms with Gasteiger partial charge in [-0.1, -0.05) is 28.6 Å². The highest BCUT2D eigenvalue weighted by molar-refractivity contribution is 9.10. The fourth-order valence-corrected chi connectivity index (χ4v) is 5.62. The second-order valence-corrected chi connectivity index (χ2v) is 9.76. The summed E-state index contributed by atoms with van der Waals surface area (Å²) >= 11 is 11.6. The van der Waals surface area contributed by atoms with Gasteiger partial charge in [0.15, 0.2) is 5.69 Å². The number of hydrogen-bond acceptors (Lipinski definition) is 11. The normalized spacial score (nSPS) is 26.0. The van der Waals surface area contributed by atoms with E-state index in [1.54, 1.807) is 17.6 Å². The second kappa shape index (κ2) is 9.47. The topological polar surface area (TPSA) is 150 Å². The van der Waals surface area contributed by atoms with Gasteiger partial charge in [-0.25, -0.2) is 14.6 Å². The van der Waals surface area contributed by atoms with Crippen molar-refractivity contribution < 1.29 is 20.1 Å². The third-order valence-electron chi connectivity index (χ3n) is 4.53. The molecule has 0 aromatic carbocycles. The summed E-state index contributed by atoms with van der Waals surface area (Å²) in [6.07, 6.45) is -0.364. The fraction of sp³-hybridized carbons (Fsp3) is 0.353. The summed E-state index contributed by atoms with van der Waals surface area (Å²) in [4.78, 5) is 8.81. The summed E-state index contributed by atoms with van der Waals surface area (Å²) in [7, 11) is 0.